The number of nitrogens with zero attached hydrogens (tertiary/aromatic N) is 3. The smallest absolute Gasteiger partial charge is 0.407 e. The molecule has 2 aromatic carbocycles. The molecule has 2 aromatic heterocycles. The maximum Gasteiger partial charge on any atom is 0.407 e. The third kappa shape index (κ3) is 22.3. The first-order valence-electron chi connectivity index (χ1n) is 34.4. The summed E-state index contributed by atoms with van der Waals surface area (Å²) in [6, 6.07) is 3.51. The predicted molar refractivity (Wildman–Crippen MR) is 367 cm³/mol. The van der Waals surface area contributed by atoms with Gasteiger partial charge < -0.3 is 100.0 Å². The highest BCUT2D eigenvalue weighted by molar-refractivity contribution is 6.14. The molecule has 1 aliphatic carbocycles. The summed E-state index contributed by atoms with van der Waals surface area (Å²) in [6.07, 6.45) is 1.69. The fourth-order valence-electron chi connectivity index (χ4n) is 11.9. The Labute approximate surface area is 598 Å². The summed E-state index contributed by atoms with van der Waals surface area (Å²) in [6.45, 7) is 10.3. The minimum absolute atomic E-state index is 0.0246. The molecular weight excluding hydrogens is 1370 g/mol. The molecular formula is C70H92FN11O22. The Morgan fingerprint density at radius 2 is 1.32 bits per heavy atom. The molecule has 10 N–H and O–H groups in total. The summed E-state index contributed by atoms with van der Waals surface area (Å²) in [4.78, 5) is 151. The van der Waals surface area contributed by atoms with Gasteiger partial charge in [0.2, 0.25) is 29.5 Å². The normalized spacial score (nSPS) is 16.4. The Bertz CT molecular complexity index is 3810. The number of fused-ring (bicyclic) bond motifs is 5. The number of anilines is 1. The van der Waals surface area contributed by atoms with Crippen LogP contribution in [0.15, 0.2) is 53.3 Å². The quantitative estimate of drug-likeness (QED) is 0.0150. The number of methoxy groups -OCH3 is 1. The second-order valence-corrected chi connectivity index (χ2v) is 25.3. The standard InChI is InChI=1S/C70H92FN11O22/c1-41(2)61(80-64(88)52(76-56(84)38-82-57(85)14-15-58(82)86)16-19-73-55(83)17-20-96-23-24-98-27-28-100-31-32-102-34-33-101-30-29-99-26-25-97-22-21-95-5)65(89)78-51(7-6-18-74-68(72)92)63(87)75-44-10-8-43(9-11-44)39-104-69(93)79-50-13-12-45-42(3)49(71)36-53-59(45)60(50)46-37-81-54(62(46)77-53)35-48-47(66(81)90)40-103-67(91)70(48,4)94/h8-11,14-15,35-36,41,50-52,61,94H,6-7,12-13,16-34,37-40H2,1-5H3,(H,73,83)(H,75,87)(H,76,84)(H,78,89)(H,79,93)(H,80,88)(H3,72,74,92)/t50-,51-,52?,61-,70-/m0/s1. The zero-order valence-electron chi connectivity index (χ0n) is 58.9. The molecule has 0 bridgehead atoms. The van der Waals surface area contributed by atoms with Crippen LogP contribution in [0.2, 0.25) is 0 Å². The summed E-state index contributed by atoms with van der Waals surface area (Å²) < 4.78 is 71.0. The number of urea groups is 1. The van der Waals surface area contributed by atoms with Gasteiger partial charge in [0.25, 0.3) is 17.4 Å². The second kappa shape index (κ2) is 39.5. The number of nitrogens with two attached hydrogens (primary N) is 1. The minimum Gasteiger partial charge on any atom is -0.458 e. The van der Waals surface area contributed by atoms with E-state index in [1.54, 1.807) is 40.0 Å². The van der Waals surface area contributed by atoms with Gasteiger partial charge in [-0.1, -0.05) is 26.0 Å². The molecule has 10 amide bonds. The highest BCUT2D eigenvalue weighted by atomic mass is 19.1. The summed E-state index contributed by atoms with van der Waals surface area (Å²) in [5.74, 6) is -7.27. The lowest BCUT2D eigenvalue weighted by atomic mass is 9.81. The molecule has 0 saturated carbocycles. The Morgan fingerprint density at radius 1 is 0.721 bits per heavy atom. The molecule has 5 atom stereocenters. The molecule has 4 aromatic rings. The number of rotatable bonds is 44. The first kappa shape index (κ1) is 80.3. The summed E-state index contributed by atoms with van der Waals surface area (Å²) in [7, 11) is 1.61. The summed E-state index contributed by atoms with van der Waals surface area (Å²) >= 11 is 0. The molecule has 3 aliphatic heterocycles. The number of aromatic nitrogens is 2. The molecule has 5 heterocycles. The van der Waals surface area contributed by atoms with Gasteiger partial charge in [-0.2, -0.15) is 0 Å². The van der Waals surface area contributed by atoms with Gasteiger partial charge in [0.1, 0.15) is 43.7 Å². The third-order valence-corrected chi connectivity index (χ3v) is 17.5. The van der Waals surface area contributed by atoms with Gasteiger partial charge in [-0.05, 0) is 92.3 Å². The van der Waals surface area contributed by atoms with Crippen LogP contribution >= 0.6 is 0 Å². The van der Waals surface area contributed by atoms with E-state index in [1.165, 1.54) is 35.8 Å². The fourth-order valence-corrected chi connectivity index (χ4v) is 11.9. The van der Waals surface area contributed by atoms with Crippen LogP contribution in [0.25, 0.3) is 22.3 Å². The van der Waals surface area contributed by atoms with Crippen molar-refractivity contribution >= 4 is 76.0 Å². The van der Waals surface area contributed by atoms with E-state index < -0.39 is 113 Å². The molecule has 4 aliphatic rings. The van der Waals surface area contributed by atoms with Crippen LogP contribution in [0, 0.1) is 18.7 Å². The van der Waals surface area contributed by atoms with E-state index >= 15 is 4.39 Å². The number of aryl methyl sites for hydroxylation is 1. The SMILES string of the molecule is COCCOCCOCCOCCOCCOCCOCCOCCC(=O)NCCC(NC(=O)CN1C(=O)C=CC1=O)C(=O)N[C@H](C(=O)N[C@@H](CCCNC(N)=O)C(=O)Nc1ccc(COC(=O)N[C@H]2CCc3c(C)c(F)cc4nc5c(c2c34)Cn2c-5cc3c(c2=O)COC(=O)[C@@]3(C)O)cc1)C(C)C. The van der Waals surface area contributed by atoms with E-state index in [9.17, 15) is 57.8 Å². The van der Waals surface area contributed by atoms with Gasteiger partial charge in [-0.15, -0.1) is 0 Å². The van der Waals surface area contributed by atoms with Crippen molar-refractivity contribution in [2.45, 2.75) is 116 Å². The van der Waals surface area contributed by atoms with E-state index in [4.69, 9.17) is 58.1 Å². The largest absolute Gasteiger partial charge is 0.458 e. The lowest BCUT2D eigenvalue weighted by Gasteiger charge is -2.29. The number of nitrogens with one attached hydrogen (secondary N) is 7. The van der Waals surface area contributed by atoms with Crippen LogP contribution in [0.3, 0.4) is 0 Å². The number of alkyl carbamates (subject to hydrolysis) is 1. The number of ether oxygens (including phenoxy) is 10. The number of halogens is 1. The average Bonchev–Trinajstić information content (AvgIpc) is 1.51. The van der Waals surface area contributed by atoms with Crippen molar-refractivity contribution in [3.05, 3.63) is 104 Å². The molecule has 1 unspecified atom stereocenters. The van der Waals surface area contributed by atoms with Crippen molar-refractivity contribution < 1.29 is 105 Å². The highest BCUT2D eigenvalue weighted by Gasteiger charge is 2.44. The van der Waals surface area contributed by atoms with E-state index in [1.807, 2.05) is 0 Å². The number of hydrogen-bond donors (Lipinski definition) is 9. The Balaban J connectivity index is 0.801. The molecule has 0 spiro atoms. The van der Waals surface area contributed by atoms with Gasteiger partial charge in [-0.25, -0.2) is 23.8 Å². The van der Waals surface area contributed by atoms with E-state index in [-0.39, 0.29) is 101 Å². The van der Waals surface area contributed by atoms with Crippen LogP contribution < -0.4 is 48.5 Å². The van der Waals surface area contributed by atoms with Crippen molar-refractivity contribution in [2.24, 2.45) is 11.7 Å². The molecule has 0 radical (unpaired) electrons. The van der Waals surface area contributed by atoms with Crippen LogP contribution in [-0.4, -0.2) is 223 Å². The van der Waals surface area contributed by atoms with E-state index in [0.717, 1.165) is 12.2 Å². The maximum atomic E-state index is 15.5. The lowest BCUT2D eigenvalue weighted by Crippen LogP contribution is -2.58. The molecule has 0 saturated heterocycles. The Kier molecular flexibility index (Phi) is 30.5. The Morgan fingerprint density at radius 3 is 1.91 bits per heavy atom. The van der Waals surface area contributed by atoms with Gasteiger partial charge in [-0.3, -0.25) is 43.3 Å². The first-order chi connectivity index (χ1) is 50.0. The summed E-state index contributed by atoms with van der Waals surface area (Å²) in [5.41, 5.74) is 6.87. The Hall–Kier alpha value is -9.39. The van der Waals surface area contributed by atoms with E-state index in [2.05, 4.69) is 37.2 Å². The van der Waals surface area contributed by atoms with Crippen molar-refractivity contribution in [1.82, 2.24) is 46.4 Å². The number of pyridine rings is 2. The predicted octanol–water partition coefficient (Wildman–Crippen LogP) is 1.13. The second-order valence-electron chi connectivity index (χ2n) is 25.3. The minimum atomic E-state index is -2.12. The molecule has 8 rings (SSSR count). The number of aliphatic hydroxyl groups is 1. The number of primary amides is 1. The van der Waals surface area contributed by atoms with Crippen LogP contribution in [0.4, 0.5) is 19.7 Å². The number of carbonyl (C=O) groups is 10. The monoisotopic (exact) mass is 1460 g/mol. The first-order valence-corrected chi connectivity index (χ1v) is 34.4. The number of benzene rings is 2. The molecule has 33 nitrogen and oxygen atoms in total. The number of amides is 10. The number of cyclic esters (lactones) is 1. The zero-order chi connectivity index (χ0) is 74.9. The van der Waals surface area contributed by atoms with E-state index in [0.29, 0.717) is 142 Å². The molecule has 0 fully saturated rings. The average molecular weight is 1460 g/mol. The molecule has 34 heteroatoms. The topological polar surface area (TPSA) is 432 Å². The number of imide groups is 1. The van der Waals surface area contributed by atoms with Crippen molar-refractivity contribution in [2.75, 3.05) is 131 Å². The number of carbonyl (C=O) groups excluding carboxylic acids is 10. The van der Waals surface area contributed by atoms with Crippen molar-refractivity contribution in [3.8, 4) is 11.4 Å². The van der Waals surface area contributed by atoms with Gasteiger partial charge in [0.05, 0.1) is 134 Å². The molecule has 104 heavy (non-hydrogen) atoms. The number of esters is 1. The third-order valence-electron chi connectivity index (χ3n) is 17.5. The lowest BCUT2D eigenvalue weighted by molar-refractivity contribution is -0.169. The van der Waals surface area contributed by atoms with Crippen LogP contribution in [-0.2, 0) is 118 Å². The summed E-state index contributed by atoms with van der Waals surface area (Å²) in [5, 5.41) is 30.4. The van der Waals surface area contributed by atoms with Crippen molar-refractivity contribution in [1.29, 1.82) is 0 Å². The van der Waals surface area contributed by atoms with Gasteiger partial charge in [0.15, 0.2) is 5.60 Å². The van der Waals surface area contributed by atoms with Crippen LogP contribution in [0.5, 0.6) is 0 Å². The van der Waals surface area contributed by atoms with Gasteiger partial charge >= 0.3 is 18.1 Å². The zero-order valence-corrected chi connectivity index (χ0v) is 58.9. The molecule has 566 valence electrons. The fraction of sp³-hybridized carbons (Fsp3) is 0.543. The van der Waals surface area contributed by atoms with Crippen molar-refractivity contribution in [3.63, 3.8) is 0 Å². The van der Waals surface area contributed by atoms with Crippen LogP contribution in [0.1, 0.15) is 97.9 Å². The van der Waals surface area contributed by atoms with Gasteiger partial charge in [0, 0.05) is 67.0 Å². The maximum absolute atomic E-state index is 15.5. The highest BCUT2D eigenvalue weighted by Crippen LogP contribution is 2.46. The number of hydrogen-bond acceptors (Lipinski definition) is 23.